The number of nitrogens with one attached hydrogen (secondary N) is 1. The van der Waals surface area contributed by atoms with Gasteiger partial charge in [-0.15, -0.1) is 0 Å². The fourth-order valence-electron chi connectivity index (χ4n) is 8.12. The molecule has 0 rings (SSSR count). The average Bonchev–Trinajstić information content (AvgIpc) is 3.19. The minimum Gasteiger partial charge on any atom is -0.394 e. The van der Waals surface area contributed by atoms with Gasteiger partial charge in [-0.25, -0.2) is 0 Å². The topological polar surface area (TPSA) is 69.6 Å². The van der Waals surface area contributed by atoms with E-state index in [0.717, 1.165) is 25.7 Å². The zero-order valence-electron chi connectivity index (χ0n) is 37.7. The Morgan fingerprint density at radius 2 is 0.673 bits per heavy atom. The lowest BCUT2D eigenvalue weighted by atomic mass is 10.0. The van der Waals surface area contributed by atoms with Gasteiger partial charge in [-0.2, -0.15) is 0 Å². The molecule has 55 heavy (non-hydrogen) atoms. The van der Waals surface area contributed by atoms with Crippen LogP contribution in [0.2, 0.25) is 0 Å². The predicted molar refractivity (Wildman–Crippen MR) is 244 cm³/mol. The number of rotatable bonds is 47. The van der Waals surface area contributed by atoms with Crippen molar-refractivity contribution in [1.82, 2.24) is 5.32 Å². The summed E-state index contributed by atoms with van der Waals surface area (Å²) in [6, 6.07) is -0.616. The molecule has 0 aromatic rings. The highest BCUT2D eigenvalue weighted by molar-refractivity contribution is 5.76. The Morgan fingerprint density at radius 1 is 0.418 bits per heavy atom. The van der Waals surface area contributed by atoms with Gasteiger partial charge in [-0.1, -0.05) is 276 Å². The lowest BCUT2D eigenvalue weighted by Crippen LogP contribution is -2.45. The van der Waals surface area contributed by atoms with Crippen LogP contribution in [0.1, 0.15) is 290 Å². The van der Waals surface area contributed by atoms with E-state index < -0.39 is 12.1 Å². The second-order valence-electron chi connectivity index (χ2n) is 17.6. The summed E-state index contributed by atoms with van der Waals surface area (Å²) in [6.07, 6.45) is 60.7. The first kappa shape index (κ1) is 54.1. The molecule has 0 aliphatic heterocycles. The number of carbonyl (C=O) groups excluding carboxylic acids is 1. The summed E-state index contributed by atoms with van der Waals surface area (Å²) >= 11 is 0. The fourth-order valence-corrected chi connectivity index (χ4v) is 8.12. The molecule has 0 bridgehead atoms. The van der Waals surface area contributed by atoms with Gasteiger partial charge in [0.15, 0.2) is 0 Å². The van der Waals surface area contributed by atoms with E-state index in [9.17, 15) is 15.0 Å². The van der Waals surface area contributed by atoms with Gasteiger partial charge < -0.3 is 15.5 Å². The summed E-state index contributed by atoms with van der Waals surface area (Å²) in [4.78, 5) is 12.4. The standard InChI is InChI=1S/C51H101NO3/c1-3-5-7-9-11-13-15-17-18-19-20-21-22-23-24-25-26-27-28-29-30-31-32-33-35-36-38-40-42-44-46-50(54)49(48-53)52-51(55)47-45-43-41-39-37-34-16-14-12-10-8-6-4-2/h44,46,49-50,53-54H,3-43,45,47-48H2,1-2H3,(H,52,55)/b46-44+. The molecule has 0 aromatic heterocycles. The van der Waals surface area contributed by atoms with Crippen molar-refractivity contribution in [1.29, 1.82) is 0 Å². The molecule has 2 unspecified atom stereocenters. The first-order chi connectivity index (χ1) is 27.2. The fraction of sp³-hybridized carbons (Fsp3) is 0.941. The van der Waals surface area contributed by atoms with E-state index in [4.69, 9.17) is 0 Å². The number of amides is 1. The van der Waals surface area contributed by atoms with Crippen LogP contribution in [0.3, 0.4) is 0 Å². The number of carbonyl (C=O) groups is 1. The first-order valence-corrected chi connectivity index (χ1v) is 25.4. The molecular formula is C51H101NO3. The molecule has 2 atom stereocenters. The summed E-state index contributed by atoms with van der Waals surface area (Å²) in [7, 11) is 0. The van der Waals surface area contributed by atoms with Gasteiger partial charge >= 0.3 is 0 Å². The van der Waals surface area contributed by atoms with Crippen LogP contribution in [0.15, 0.2) is 12.2 Å². The molecule has 0 aromatic carbocycles. The molecule has 0 aliphatic carbocycles. The van der Waals surface area contributed by atoms with Crippen LogP contribution in [0.5, 0.6) is 0 Å². The smallest absolute Gasteiger partial charge is 0.220 e. The SMILES string of the molecule is CCCCCCCCCCCCCCCCCCCCCCCCCCCCCC/C=C/C(O)C(CO)NC(=O)CCCCCCCCCCCCCCC. The third-order valence-corrected chi connectivity index (χ3v) is 12.0. The zero-order chi connectivity index (χ0) is 40.0. The molecule has 3 N–H and O–H groups in total. The molecule has 0 aliphatic rings. The van der Waals surface area contributed by atoms with Crippen molar-refractivity contribution < 1.29 is 15.0 Å². The van der Waals surface area contributed by atoms with Crippen molar-refractivity contribution in [3.8, 4) is 0 Å². The predicted octanol–water partition coefficient (Wildman–Crippen LogP) is 16.2. The average molecular weight is 776 g/mol. The lowest BCUT2D eigenvalue weighted by molar-refractivity contribution is -0.123. The highest BCUT2D eigenvalue weighted by Crippen LogP contribution is 2.17. The minimum atomic E-state index is -0.834. The third kappa shape index (κ3) is 44.1. The number of aliphatic hydroxyl groups is 2. The van der Waals surface area contributed by atoms with Gasteiger partial charge in [0, 0.05) is 6.42 Å². The Morgan fingerprint density at radius 3 is 0.945 bits per heavy atom. The maximum atomic E-state index is 12.4. The highest BCUT2D eigenvalue weighted by Gasteiger charge is 2.18. The van der Waals surface area contributed by atoms with E-state index in [1.54, 1.807) is 6.08 Å². The van der Waals surface area contributed by atoms with Crippen molar-refractivity contribution >= 4 is 5.91 Å². The molecule has 0 heterocycles. The Balaban J connectivity index is 3.42. The summed E-state index contributed by atoms with van der Waals surface area (Å²) in [5.74, 6) is -0.0599. The van der Waals surface area contributed by atoms with E-state index in [2.05, 4.69) is 19.2 Å². The van der Waals surface area contributed by atoms with Gasteiger partial charge in [0.05, 0.1) is 18.8 Å². The van der Waals surface area contributed by atoms with Crippen molar-refractivity contribution in [3.63, 3.8) is 0 Å². The molecule has 0 saturated carbocycles. The number of hydrogen-bond acceptors (Lipinski definition) is 3. The Kier molecular flexibility index (Phi) is 46.8. The largest absolute Gasteiger partial charge is 0.394 e. The van der Waals surface area contributed by atoms with Gasteiger partial charge in [0.2, 0.25) is 5.91 Å². The van der Waals surface area contributed by atoms with Crippen LogP contribution in [0, 0.1) is 0 Å². The number of aliphatic hydroxyl groups excluding tert-OH is 2. The normalized spacial score (nSPS) is 12.9. The Labute approximate surface area is 346 Å². The van der Waals surface area contributed by atoms with Gasteiger partial charge in [-0.05, 0) is 19.3 Å². The van der Waals surface area contributed by atoms with Gasteiger partial charge in [-0.3, -0.25) is 4.79 Å². The third-order valence-electron chi connectivity index (χ3n) is 12.0. The summed E-state index contributed by atoms with van der Waals surface area (Å²) in [5, 5.41) is 23.1. The van der Waals surface area contributed by atoms with E-state index >= 15 is 0 Å². The molecule has 0 saturated heterocycles. The van der Waals surface area contributed by atoms with E-state index in [0.29, 0.717) is 6.42 Å². The van der Waals surface area contributed by atoms with Crippen molar-refractivity contribution in [2.45, 2.75) is 302 Å². The maximum absolute atomic E-state index is 12.4. The maximum Gasteiger partial charge on any atom is 0.220 e. The monoisotopic (exact) mass is 776 g/mol. The number of allylic oxidation sites excluding steroid dienone is 1. The molecule has 328 valence electrons. The molecule has 4 heteroatoms. The summed E-state index contributed by atoms with van der Waals surface area (Å²) in [5.41, 5.74) is 0. The van der Waals surface area contributed by atoms with Crippen molar-refractivity contribution in [2.75, 3.05) is 6.61 Å². The van der Waals surface area contributed by atoms with Crippen molar-refractivity contribution in [2.24, 2.45) is 0 Å². The molecule has 4 nitrogen and oxygen atoms in total. The first-order valence-electron chi connectivity index (χ1n) is 25.4. The molecule has 0 radical (unpaired) electrons. The van der Waals surface area contributed by atoms with E-state index in [-0.39, 0.29) is 12.5 Å². The van der Waals surface area contributed by atoms with E-state index in [1.807, 2.05) is 6.08 Å². The molecule has 0 fully saturated rings. The number of unbranched alkanes of at least 4 members (excludes halogenated alkanes) is 40. The molecule has 0 spiro atoms. The Hall–Kier alpha value is -0.870. The lowest BCUT2D eigenvalue weighted by Gasteiger charge is -2.20. The van der Waals surface area contributed by atoms with Crippen LogP contribution < -0.4 is 5.32 Å². The van der Waals surface area contributed by atoms with Crippen LogP contribution in [-0.4, -0.2) is 34.9 Å². The van der Waals surface area contributed by atoms with Crippen LogP contribution >= 0.6 is 0 Å². The second-order valence-corrected chi connectivity index (χ2v) is 17.6. The molecular weight excluding hydrogens is 675 g/mol. The summed E-state index contributed by atoms with van der Waals surface area (Å²) in [6.45, 7) is 4.33. The highest BCUT2D eigenvalue weighted by atomic mass is 16.3. The second kappa shape index (κ2) is 47.5. The number of hydrogen-bond donors (Lipinski definition) is 3. The quantitative estimate of drug-likeness (QED) is 0.0426. The Bertz CT molecular complexity index is 754. The van der Waals surface area contributed by atoms with Crippen LogP contribution in [-0.2, 0) is 4.79 Å². The minimum absolute atomic E-state index is 0.0599. The van der Waals surface area contributed by atoms with Gasteiger partial charge in [0.1, 0.15) is 0 Å². The van der Waals surface area contributed by atoms with Crippen LogP contribution in [0.25, 0.3) is 0 Å². The van der Waals surface area contributed by atoms with Crippen LogP contribution in [0.4, 0.5) is 0 Å². The van der Waals surface area contributed by atoms with E-state index in [1.165, 1.54) is 244 Å². The zero-order valence-corrected chi connectivity index (χ0v) is 37.7. The summed E-state index contributed by atoms with van der Waals surface area (Å²) < 4.78 is 0. The van der Waals surface area contributed by atoms with Crippen molar-refractivity contribution in [3.05, 3.63) is 12.2 Å². The van der Waals surface area contributed by atoms with Gasteiger partial charge in [0.25, 0.3) is 0 Å². The molecule has 1 amide bonds.